The molecule has 22 heavy (non-hydrogen) atoms. The quantitative estimate of drug-likeness (QED) is 0.850. The smallest absolute Gasteiger partial charge is 0.225 e. The summed E-state index contributed by atoms with van der Waals surface area (Å²) in [5.74, 6) is 1.43. The molecule has 1 N–H and O–H groups in total. The van der Waals surface area contributed by atoms with Crippen LogP contribution >= 0.6 is 0 Å². The third-order valence-corrected chi connectivity index (χ3v) is 3.42. The Morgan fingerprint density at radius 3 is 2.91 bits per heavy atom. The van der Waals surface area contributed by atoms with Gasteiger partial charge in [0, 0.05) is 12.1 Å². The van der Waals surface area contributed by atoms with Gasteiger partial charge in [0.05, 0.1) is 19.6 Å². The highest BCUT2D eigenvalue weighted by Gasteiger charge is 2.16. The molecular formula is C16H22N4O2. The first kappa shape index (κ1) is 16.0. The van der Waals surface area contributed by atoms with E-state index in [1.165, 1.54) is 0 Å². The molecule has 1 amide bonds. The number of nitrogens with one attached hydrogen (secondary N) is 1. The Labute approximate surface area is 130 Å². The van der Waals surface area contributed by atoms with Crippen LogP contribution in [0.1, 0.15) is 37.7 Å². The summed E-state index contributed by atoms with van der Waals surface area (Å²) in [5.41, 5.74) is 0.865. The lowest BCUT2D eigenvalue weighted by Crippen LogP contribution is -2.30. The third kappa shape index (κ3) is 3.84. The molecule has 2 rings (SSSR count). The Morgan fingerprint density at radius 1 is 1.41 bits per heavy atom. The van der Waals surface area contributed by atoms with Gasteiger partial charge in [0.1, 0.15) is 12.1 Å². The van der Waals surface area contributed by atoms with Crippen LogP contribution in [0.3, 0.4) is 0 Å². The SMILES string of the molecule is CCCn1cnnc1[C@@H](C)NC(=O)Cc1ccccc1OC. The van der Waals surface area contributed by atoms with Crippen LogP contribution in [0.25, 0.3) is 0 Å². The number of hydrogen-bond acceptors (Lipinski definition) is 4. The minimum Gasteiger partial charge on any atom is -0.496 e. The molecule has 1 aromatic heterocycles. The molecule has 0 aliphatic carbocycles. The van der Waals surface area contributed by atoms with Crippen molar-refractivity contribution in [3.05, 3.63) is 42.0 Å². The van der Waals surface area contributed by atoms with Gasteiger partial charge in [0.25, 0.3) is 0 Å². The fourth-order valence-electron chi connectivity index (χ4n) is 2.39. The van der Waals surface area contributed by atoms with Crippen molar-refractivity contribution in [2.24, 2.45) is 0 Å². The maximum Gasteiger partial charge on any atom is 0.225 e. The van der Waals surface area contributed by atoms with E-state index in [2.05, 4.69) is 22.4 Å². The molecule has 0 spiro atoms. The first-order valence-corrected chi connectivity index (χ1v) is 7.44. The molecule has 118 valence electrons. The van der Waals surface area contributed by atoms with E-state index >= 15 is 0 Å². The van der Waals surface area contributed by atoms with Gasteiger partial charge in [-0.25, -0.2) is 0 Å². The highest BCUT2D eigenvalue weighted by molar-refractivity contribution is 5.79. The summed E-state index contributed by atoms with van der Waals surface area (Å²) < 4.78 is 7.23. The highest BCUT2D eigenvalue weighted by atomic mass is 16.5. The number of aromatic nitrogens is 3. The molecule has 0 bridgehead atoms. The monoisotopic (exact) mass is 302 g/mol. The average molecular weight is 302 g/mol. The van der Waals surface area contributed by atoms with Gasteiger partial charge < -0.3 is 14.6 Å². The second-order valence-corrected chi connectivity index (χ2v) is 5.16. The Bertz CT molecular complexity index is 624. The zero-order chi connectivity index (χ0) is 15.9. The summed E-state index contributed by atoms with van der Waals surface area (Å²) in [4.78, 5) is 12.2. The largest absolute Gasteiger partial charge is 0.496 e. The molecule has 6 nitrogen and oxygen atoms in total. The van der Waals surface area contributed by atoms with Crippen molar-refractivity contribution in [1.29, 1.82) is 0 Å². The first-order chi connectivity index (χ1) is 10.7. The maximum absolute atomic E-state index is 12.2. The third-order valence-electron chi connectivity index (χ3n) is 3.42. The van der Waals surface area contributed by atoms with Crippen LogP contribution in [0.2, 0.25) is 0 Å². The fraction of sp³-hybridized carbons (Fsp3) is 0.438. The standard InChI is InChI=1S/C16H22N4O2/c1-4-9-20-11-17-19-16(20)12(2)18-15(21)10-13-7-5-6-8-14(13)22-3/h5-8,11-12H,4,9-10H2,1-3H3,(H,18,21)/t12-/m1/s1. The lowest BCUT2D eigenvalue weighted by Gasteiger charge is -2.15. The van der Waals surface area contributed by atoms with Crippen molar-refractivity contribution in [1.82, 2.24) is 20.1 Å². The predicted octanol–water partition coefficient (Wildman–Crippen LogP) is 2.12. The number of methoxy groups -OCH3 is 1. The second kappa shape index (κ2) is 7.59. The van der Waals surface area contributed by atoms with E-state index in [1.807, 2.05) is 35.8 Å². The van der Waals surface area contributed by atoms with Gasteiger partial charge in [-0.15, -0.1) is 10.2 Å². The van der Waals surface area contributed by atoms with Gasteiger partial charge in [0.2, 0.25) is 5.91 Å². The molecule has 0 saturated carbocycles. The lowest BCUT2D eigenvalue weighted by atomic mass is 10.1. The van der Waals surface area contributed by atoms with Gasteiger partial charge in [-0.3, -0.25) is 4.79 Å². The Morgan fingerprint density at radius 2 is 2.18 bits per heavy atom. The van der Waals surface area contributed by atoms with E-state index in [-0.39, 0.29) is 18.4 Å². The fourth-order valence-corrected chi connectivity index (χ4v) is 2.39. The predicted molar refractivity (Wildman–Crippen MR) is 83.6 cm³/mol. The molecule has 1 heterocycles. The molecule has 0 radical (unpaired) electrons. The number of carbonyl (C=O) groups is 1. The van der Waals surface area contributed by atoms with Crippen molar-refractivity contribution >= 4 is 5.91 Å². The number of amides is 1. The van der Waals surface area contributed by atoms with Crippen LogP contribution in [-0.4, -0.2) is 27.8 Å². The molecule has 0 saturated heterocycles. The van der Waals surface area contributed by atoms with E-state index in [4.69, 9.17) is 4.74 Å². The van der Waals surface area contributed by atoms with Crippen LogP contribution in [0.15, 0.2) is 30.6 Å². The molecular weight excluding hydrogens is 280 g/mol. The number of hydrogen-bond donors (Lipinski definition) is 1. The number of carbonyl (C=O) groups excluding carboxylic acids is 1. The molecule has 0 aliphatic rings. The molecule has 2 aromatic rings. The Hall–Kier alpha value is -2.37. The van der Waals surface area contributed by atoms with Crippen molar-refractivity contribution in [3.8, 4) is 5.75 Å². The summed E-state index contributed by atoms with van der Waals surface area (Å²) in [6, 6.07) is 7.34. The zero-order valence-corrected chi connectivity index (χ0v) is 13.2. The summed E-state index contributed by atoms with van der Waals surface area (Å²) >= 11 is 0. The van der Waals surface area contributed by atoms with Crippen LogP contribution in [0.5, 0.6) is 5.75 Å². The number of para-hydroxylation sites is 1. The van der Waals surface area contributed by atoms with Crippen molar-refractivity contribution < 1.29 is 9.53 Å². The highest BCUT2D eigenvalue weighted by Crippen LogP contribution is 2.18. The normalized spacial score (nSPS) is 12.0. The number of rotatable bonds is 7. The first-order valence-electron chi connectivity index (χ1n) is 7.44. The van der Waals surface area contributed by atoms with Crippen LogP contribution in [0.4, 0.5) is 0 Å². The molecule has 1 atom stereocenters. The number of benzene rings is 1. The van der Waals surface area contributed by atoms with Gasteiger partial charge in [0.15, 0.2) is 5.82 Å². The van der Waals surface area contributed by atoms with Crippen molar-refractivity contribution in [3.63, 3.8) is 0 Å². The maximum atomic E-state index is 12.2. The number of nitrogens with zero attached hydrogens (tertiary/aromatic N) is 3. The van der Waals surface area contributed by atoms with E-state index in [1.54, 1.807) is 13.4 Å². The minimum atomic E-state index is -0.184. The Balaban J connectivity index is 2.00. The van der Waals surface area contributed by atoms with Gasteiger partial charge in [-0.1, -0.05) is 25.1 Å². The summed E-state index contributed by atoms with van der Waals surface area (Å²) in [5, 5.41) is 11.0. The zero-order valence-electron chi connectivity index (χ0n) is 13.2. The molecule has 1 aromatic carbocycles. The van der Waals surface area contributed by atoms with Gasteiger partial charge in [-0.2, -0.15) is 0 Å². The minimum absolute atomic E-state index is 0.0666. The molecule has 6 heteroatoms. The number of aryl methyl sites for hydroxylation is 1. The molecule has 0 fully saturated rings. The summed E-state index contributed by atoms with van der Waals surface area (Å²) in [7, 11) is 1.60. The van der Waals surface area contributed by atoms with E-state index in [0.717, 1.165) is 30.1 Å². The lowest BCUT2D eigenvalue weighted by molar-refractivity contribution is -0.121. The van der Waals surface area contributed by atoms with Gasteiger partial charge in [-0.05, 0) is 19.4 Å². The molecule has 0 unspecified atom stereocenters. The average Bonchev–Trinajstić information content (AvgIpc) is 2.96. The van der Waals surface area contributed by atoms with Crippen LogP contribution in [-0.2, 0) is 17.8 Å². The van der Waals surface area contributed by atoms with Crippen LogP contribution in [0, 0.1) is 0 Å². The number of ether oxygens (including phenoxy) is 1. The van der Waals surface area contributed by atoms with E-state index in [9.17, 15) is 4.79 Å². The van der Waals surface area contributed by atoms with Crippen molar-refractivity contribution in [2.45, 2.75) is 39.3 Å². The van der Waals surface area contributed by atoms with Crippen molar-refractivity contribution in [2.75, 3.05) is 7.11 Å². The second-order valence-electron chi connectivity index (χ2n) is 5.16. The molecule has 0 aliphatic heterocycles. The summed E-state index contributed by atoms with van der Waals surface area (Å²) in [6.07, 6.45) is 2.96. The Kier molecular flexibility index (Phi) is 5.52. The van der Waals surface area contributed by atoms with E-state index in [0.29, 0.717) is 0 Å². The van der Waals surface area contributed by atoms with E-state index < -0.39 is 0 Å². The van der Waals surface area contributed by atoms with Gasteiger partial charge >= 0.3 is 0 Å². The topological polar surface area (TPSA) is 69.0 Å². The summed E-state index contributed by atoms with van der Waals surface area (Å²) in [6.45, 7) is 4.85. The van der Waals surface area contributed by atoms with Crippen LogP contribution < -0.4 is 10.1 Å².